The van der Waals surface area contributed by atoms with E-state index >= 15 is 0 Å². The number of rotatable bonds is 2. The van der Waals surface area contributed by atoms with E-state index in [1.165, 1.54) is 38.5 Å². The maximum absolute atomic E-state index is 10.8. The Morgan fingerprint density at radius 2 is 1.39 bits per heavy atom. The van der Waals surface area contributed by atoms with Crippen LogP contribution in [0, 0.1) is 47.3 Å². The Kier molecular flexibility index (Phi) is 2.60. The van der Waals surface area contributed by atoms with Crippen molar-refractivity contribution in [2.45, 2.75) is 58.5 Å². The van der Waals surface area contributed by atoms with Crippen molar-refractivity contribution < 1.29 is 5.11 Å². The Balaban J connectivity index is 1.44. The van der Waals surface area contributed by atoms with Gasteiger partial charge in [0.05, 0.1) is 6.10 Å². The van der Waals surface area contributed by atoms with Crippen LogP contribution in [0.4, 0.5) is 0 Å². The van der Waals surface area contributed by atoms with Crippen molar-refractivity contribution in [3.05, 3.63) is 0 Å². The van der Waals surface area contributed by atoms with Gasteiger partial charge in [-0.2, -0.15) is 0 Å². The second-order valence-corrected chi connectivity index (χ2v) is 8.23. The predicted octanol–water partition coefficient (Wildman–Crippen LogP) is 3.71. The topological polar surface area (TPSA) is 20.2 Å². The lowest BCUT2D eigenvalue weighted by molar-refractivity contribution is 0.0278. The molecular weight excluding hydrogens is 220 g/mol. The highest BCUT2D eigenvalue weighted by atomic mass is 16.3. The number of fused-ring (bicyclic) bond motifs is 5. The Morgan fingerprint density at radius 3 is 1.94 bits per heavy atom. The van der Waals surface area contributed by atoms with Gasteiger partial charge in [-0.3, -0.25) is 0 Å². The zero-order valence-corrected chi connectivity index (χ0v) is 11.9. The van der Waals surface area contributed by atoms with Gasteiger partial charge in [0.25, 0.3) is 0 Å². The van der Waals surface area contributed by atoms with E-state index in [-0.39, 0.29) is 6.10 Å². The van der Waals surface area contributed by atoms with Crippen molar-refractivity contribution in [1.82, 2.24) is 0 Å². The quantitative estimate of drug-likeness (QED) is 0.790. The first-order valence-electron chi connectivity index (χ1n) is 8.33. The van der Waals surface area contributed by atoms with Crippen LogP contribution in [-0.2, 0) is 0 Å². The zero-order valence-electron chi connectivity index (χ0n) is 11.9. The van der Waals surface area contributed by atoms with Gasteiger partial charge in [0, 0.05) is 0 Å². The largest absolute Gasteiger partial charge is 0.393 e. The second kappa shape index (κ2) is 3.98. The maximum Gasteiger partial charge on any atom is 0.0602 e. The summed E-state index contributed by atoms with van der Waals surface area (Å²) in [5, 5.41) is 10.8. The lowest BCUT2D eigenvalue weighted by atomic mass is 9.73. The predicted molar refractivity (Wildman–Crippen MR) is 73.0 cm³/mol. The van der Waals surface area contributed by atoms with Gasteiger partial charge in [-0.1, -0.05) is 13.8 Å². The lowest BCUT2D eigenvalue weighted by Crippen LogP contribution is -2.32. The molecule has 18 heavy (non-hydrogen) atoms. The van der Waals surface area contributed by atoms with Gasteiger partial charge < -0.3 is 5.11 Å². The van der Waals surface area contributed by atoms with E-state index in [9.17, 15) is 5.11 Å². The zero-order chi connectivity index (χ0) is 12.4. The van der Waals surface area contributed by atoms with Crippen LogP contribution in [0.3, 0.4) is 0 Å². The molecule has 0 saturated heterocycles. The minimum absolute atomic E-state index is 0.0496. The molecule has 4 aliphatic carbocycles. The van der Waals surface area contributed by atoms with Crippen molar-refractivity contribution in [3.8, 4) is 0 Å². The van der Waals surface area contributed by atoms with E-state index in [1.807, 2.05) is 0 Å². The van der Waals surface area contributed by atoms with E-state index in [2.05, 4.69) is 13.8 Å². The summed E-state index contributed by atoms with van der Waals surface area (Å²) < 4.78 is 0. The van der Waals surface area contributed by atoms with Crippen molar-refractivity contribution in [2.75, 3.05) is 0 Å². The molecule has 0 amide bonds. The van der Waals surface area contributed by atoms with E-state index in [4.69, 9.17) is 0 Å². The van der Waals surface area contributed by atoms with Crippen molar-refractivity contribution >= 4 is 0 Å². The monoisotopic (exact) mass is 248 g/mol. The lowest BCUT2D eigenvalue weighted by Gasteiger charge is -2.35. The fraction of sp³-hybridized carbons (Fsp3) is 1.00. The molecule has 7 atom stereocenters. The van der Waals surface area contributed by atoms with Crippen molar-refractivity contribution in [3.63, 3.8) is 0 Å². The van der Waals surface area contributed by atoms with Crippen LogP contribution in [0.5, 0.6) is 0 Å². The van der Waals surface area contributed by atoms with Gasteiger partial charge in [-0.25, -0.2) is 0 Å². The summed E-state index contributed by atoms with van der Waals surface area (Å²) in [6.45, 7) is 4.76. The van der Waals surface area contributed by atoms with E-state index < -0.39 is 0 Å². The summed E-state index contributed by atoms with van der Waals surface area (Å²) in [6.07, 6.45) is 8.47. The first-order valence-corrected chi connectivity index (χ1v) is 8.33. The van der Waals surface area contributed by atoms with Gasteiger partial charge >= 0.3 is 0 Å². The van der Waals surface area contributed by atoms with Crippen LogP contribution >= 0.6 is 0 Å². The molecule has 0 aromatic carbocycles. The van der Waals surface area contributed by atoms with E-state index in [0.29, 0.717) is 5.92 Å². The maximum atomic E-state index is 10.8. The van der Waals surface area contributed by atoms with Crippen LogP contribution in [0.15, 0.2) is 0 Å². The van der Waals surface area contributed by atoms with Gasteiger partial charge in [0.1, 0.15) is 0 Å². The minimum Gasteiger partial charge on any atom is -0.393 e. The van der Waals surface area contributed by atoms with Crippen molar-refractivity contribution in [2.24, 2.45) is 47.3 Å². The molecule has 4 fully saturated rings. The average molecular weight is 248 g/mol. The van der Waals surface area contributed by atoms with Gasteiger partial charge in [0.15, 0.2) is 0 Å². The Hall–Kier alpha value is -0.0400. The highest BCUT2D eigenvalue weighted by Crippen LogP contribution is 2.71. The van der Waals surface area contributed by atoms with Crippen LogP contribution in [0.25, 0.3) is 0 Å². The molecule has 1 nitrogen and oxygen atoms in total. The van der Waals surface area contributed by atoms with Crippen LogP contribution in [-0.4, -0.2) is 11.2 Å². The molecule has 0 aromatic rings. The Bertz CT molecular complexity index is 311. The third kappa shape index (κ3) is 1.62. The average Bonchev–Trinajstić information content (AvgIpc) is 2.74. The van der Waals surface area contributed by atoms with E-state index in [0.717, 1.165) is 41.4 Å². The molecule has 2 bridgehead atoms. The van der Waals surface area contributed by atoms with Crippen LogP contribution in [0.2, 0.25) is 0 Å². The van der Waals surface area contributed by atoms with E-state index in [1.54, 1.807) is 0 Å². The molecule has 4 aliphatic rings. The minimum atomic E-state index is 0.0496. The third-order valence-electron chi connectivity index (χ3n) is 6.89. The van der Waals surface area contributed by atoms with Gasteiger partial charge in [-0.15, -0.1) is 0 Å². The summed E-state index contributed by atoms with van der Waals surface area (Å²) in [4.78, 5) is 0. The number of hydrogen-bond acceptors (Lipinski definition) is 1. The molecule has 0 heterocycles. The second-order valence-electron chi connectivity index (χ2n) is 8.23. The summed E-state index contributed by atoms with van der Waals surface area (Å²) in [5.74, 6) is 6.94. The molecular formula is C17H28O. The van der Waals surface area contributed by atoms with Gasteiger partial charge in [0.2, 0.25) is 0 Å². The molecule has 1 N–H and O–H groups in total. The summed E-state index contributed by atoms with van der Waals surface area (Å²) in [5.41, 5.74) is 0. The molecule has 0 aliphatic heterocycles. The smallest absolute Gasteiger partial charge is 0.0602 e. The standard InChI is InChI=1S/C17H28O/c1-9-5-10(2)7-13(6-9)17(18)16-14-11-3-4-12(8-11)15(14)16/h9-18H,3-8H2,1-2H3. The normalized spacial score (nSPS) is 59.5. The first-order chi connectivity index (χ1) is 8.65. The Morgan fingerprint density at radius 1 is 0.833 bits per heavy atom. The molecule has 4 rings (SSSR count). The molecule has 7 unspecified atom stereocenters. The van der Waals surface area contributed by atoms with Crippen LogP contribution < -0.4 is 0 Å². The number of hydrogen-bond donors (Lipinski definition) is 1. The molecule has 102 valence electrons. The fourth-order valence-corrected chi connectivity index (χ4v) is 6.45. The van der Waals surface area contributed by atoms with Crippen LogP contribution in [0.1, 0.15) is 52.4 Å². The fourth-order valence-electron chi connectivity index (χ4n) is 6.45. The Labute approximate surface area is 111 Å². The highest BCUT2D eigenvalue weighted by Gasteiger charge is 2.67. The summed E-state index contributed by atoms with van der Waals surface area (Å²) in [6, 6.07) is 0. The SMILES string of the molecule is CC1CC(C)CC(C(O)C2C3C4CCC(C4)C32)C1. The summed E-state index contributed by atoms with van der Waals surface area (Å²) in [7, 11) is 0. The molecule has 0 aromatic heterocycles. The third-order valence-corrected chi connectivity index (χ3v) is 6.89. The summed E-state index contributed by atoms with van der Waals surface area (Å²) >= 11 is 0. The first kappa shape index (κ1) is 11.8. The highest BCUT2D eigenvalue weighted by molar-refractivity contribution is 5.15. The number of aliphatic hydroxyl groups is 1. The van der Waals surface area contributed by atoms with Crippen molar-refractivity contribution in [1.29, 1.82) is 0 Å². The molecule has 4 saturated carbocycles. The molecule has 0 spiro atoms. The molecule has 0 radical (unpaired) electrons. The van der Waals surface area contributed by atoms with Gasteiger partial charge in [-0.05, 0) is 85.9 Å². The number of aliphatic hydroxyl groups excluding tert-OH is 1. The molecule has 1 heteroatoms.